The number of alkyl halides is 2. The van der Waals surface area contributed by atoms with Crippen molar-refractivity contribution in [2.24, 2.45) is 11.1 Å². The number of carbonyl (C=O) groups is 1. The summed E-state index contributed by atoms with van der Waals surface area (Å²) in [4.78, 5) is 12.9. The lowest BCUT2D eigenvalue weighted by atomic mass is 9.49. The zero-order valence-electron chi connectivity index (χ0n) is 17.9. The molecule has 0 spiro atoms. The van der Waals surface area contributed by atoms with Crippen molar-refractivity contribution in [3.8, 4) is 0 Å². The summed E-state index contributed by atoms with van der Waals surface area (Å²) in [5, 5.41) is 0. The number of halogens is 3. The first-order chi connectivity index (χ1) is 13.7. The Morgan fingerprint density at radius 1 is 1.00 bits per heavy atom. The zero-order chi connectivity index (χ0) is 21.5. The smallest absolute Gasteiger partial charge is 0.248 e. The largest absolute Gasteiger partial charge is 0.369 e. The highest BCUT2D eigenvalue weighted by molar-refractivity contribution is 5.88. The van der Waals surface area contributed by atoms with Crippen molar-refractivity contribution in [1.29, 1.82) is 0 Å². The number of hydrogen-bond donors (Lipinski definition) is 1. The van der Waals surface area contributed by atoms with Crippen molar-refractivity contribution in [1.82, 2.24) is 0 Å². The minimum absolute atomic E-state index is 0.0331. The molecule has 1 aliphatic rings. The molecule has 0 aromatic heterocycles. The van der Waals surface area contributed by atoms with E-state index in [0.29, 0.717) is 24.8 Å². The van der Waals surface area contributed by atoms with E-state index in [1.165, 1.54) is 18.6 Å². The molecule has 2 atom stereocenters. The molecule has 1 aliphatic carbocycles. The van der Waals surface area contributed by atoms with Gasteiger partial charge >= 0.3 is 0 Å². The summed E-state index contributed by atoms with van der Waals surface area (Å²) in [5.41, 5.74) is 4.20. The predicted molar refractivity (Wildman–Crippen MR) is 111 cm³/mol. The first-order valence-corrected chi connectivity index (χ1v) is 11.2. The van der Waals surface area contributed by atoms with E-state index in [0.717, 1.165) is 32.1 Å². The number of hydrogen-bond acceptors (Lipinski definition) is 1. The molecule has 0 aliphatic heterocycles. The quantitative estimate of drug-likeness (QED) is 0.395. The highest BCUT2D eigenvalue weighted by Crippen LogP contribution is 2.61. The van der Waals surface area contributed by atoms with Crippen LogP contribution in [0.2, 0.25) is 0 Å². The SMILES string of the molecule is CCCCCCCCC1(CCC)CC(F)(F)CCC1(C(N)=O)c1cccc(F)c1. The van der Waals surface area contributed by atoms with Crippen LogP contribution < -0.4 is 5.73 Å². The van der Waals surface area contributed by atoms with Gasteiger partial charge in [0.2, 0.25) is 11.8 Å². The van der Waals surface area contributed by atoms with Crippen LogP contribution in [0.4, 0.5) is 13.2 Å². The number of benzene rings is 1. The van der Waals surface area contributed by atoms with E-state index in [4.69, 9.17) is 5.73 Å². The Morgan fingerprint density at radius 3 is 2.31 bits per heavy atom. The summed E-state index contributed by atoms with van der Waals surface area (Å²) < 4.78 is 43.4. The van der Waals surface area contributed by atoms with Gasteiger partial charge in [-0.15, -0.1) is 0 Å². The molecule has 0 radical (unpaired) electrons. The Hall–Kier alpha value is -1.52. The van der Waals surface area contributed by atoms with Crippen LogP contribution in [0.3, 0.4) is 0 Å². The van der Waals surface area contributed by atoms with Gasteiger partial charge < -0.3 is 5.73 Å². The molecule has 2 nitrogen and oxygen atoms in total. The first kappa shape index (κ1) is 23.8. The molecule has 1 amide bonds. The van der Waals surface area contributed by atoms with Crippen molar-refractivity contribution in [2.45, 2.75) is 102 Å². The second-order valence-electron chi connectivity index (χ2n) is 8.86. The summed E-state index contributed by atoms with van der Waals surface area (Å²) in [5.74, 6) is -3.90. The van der Waals surface area contributed by atoms with Crippen LogP contribution in [0.25, 0.3) is 0 Å². The molecule has 2 unspecified atom stereocenters. The van der Waals surface area contributed by atoms with Crippen molar-refractivity contribution in [2.75, 3.05) is 0 Å². The van der Waals surface area contributed by atoms with Gasteiger partial charge in [-0.3, -0.25) is 4.79 Å². The van der Waals surface area contributed by atoms with Crippen molar-refractivity contribution >= 4 is 5.91 Å². The molecule has 1 aromatic carbocycles. The first-order valence-electron chi connectivity index (χ1n) is 11.2. The van der Waals surface area contributed by atoms with Gasteiger partial charge in [0.05, 0.1) is 5.41 Å². The van der Waals surface area contributed by atoms with Gasteiger partial charge in [-0.05, 0) is 42.4 Å². The van der Waals surface area contributed by atoms with E-state index in [9.17, 15) is 18.0 Å². The lowest BCUT2D eigenvalue weighted by molar-refractivity contribution is -0.152. The molecule has 1 saturated carbocycles. The number of unbranched alkanes of at least 4 members (excludes halogenated alkanes) is 5. The molecule has 164 valence electrons. The van der Waals surface area contributed by atoms with E-state index in [1.54, 1.807) is 12.1 Å². The maximum absolute atomic E-state index is 14.7. The van der Waals surface area contributed by atoms with E-state index in [2.05, 4.69) is 6.92 Å². The highest BCUT2D eigenvalue weighted by Gasteiger charge is 2.62. The predicted octanol–water partition coefficient (Wildman–Crippen LogP) is 6.91. The minimum Gasteiger partial charge on any atom is -0.369 e. The molecule has 2 rings (SSSR count). The van der Waals surface area contributed by atoms with Crippen LogP contribution in [-0.2, 0) is 10.2 Å². The molecule has 0 bridgehead atoms. The van der Waals surface area contributed by atoms with Crippen molar-refractivity contribution < 1.29 is 18.0 Å². The van der Waals surface area contributed by atoms with Crippen LogP contribution in [0.15, 0.2) is 24.3 Å². The van der Waals surface area contributed by atoms with E-state index in [-0.39, 0.29) is 12.8 Å². The number of primary amides is 1. The second-order valence-corrected chi connectivity index (χ2v) is 8.86. The van der Waals surface area contributed by atoms with Crippen LogP contribution in [0, 0.1) is 11.2 Å². The van der Waals surface area contributed by atoms with Gasteiger partial charge in [0.15, 0.2) is 0 Å². The van der Waals surface area contributed by atoms with E-state index in [1.807, 2.05) is 6.92 Å². The molecular weight excluding hydrogens is 375 g/mol. The molecule has 29 heavy (non-hydrogen) atoms. The Balaban J connectivity index is 2.44. The zero-order valence-corrected chi connectivity index (χ0v) is 17.9. The van der Waals surface area contributed by atoms with Crippen LogP contribution in [-0.4, -0.2) is 11.8 Å². The standard InChI is InChI=1S/C24H36F3NO/c1-3-5-6-7-8-9-14-22(13-4-2)18-23(26,27)15-16-24(22,21(28)29)19-11-10-12-20(25)17-19/h10-12,17H,3-9,13-16,18H2,1-2H3,(H2,28,29). The van der Waals surface area contributed by atoms with Gasteiger partial charge in [-0.1, -0.05) is 70.9 Å². The lowest BCUT2D eigenvalue weighted by Crippen LogP contribution is -2.59. The summed E-state index contributed by atoms with van der Waals surface area (Å²) in [6, 6.07) is 5.86. The minimum atomic E-state index is -2.83. The molecule has 2 N–H and O–H groups in total. The Morgan fingerprint density at radius 2 is 1.69 bits per heavy atom. The van der Waals surface area contributed by atoms with Gasteiger partial charge in [0, 0.05) is 12.8 Å². The van der Waals surface area contributed by atoms with E-state index >= 15 is 0 Å². The monoisotopic (exact) mass is 411 g/mol. The van der Waals surface area contributed by atoms with Crippen molar-refractivity contribution in [3.05, 3.63) is 35.6 Å². The van der Waals surface area contributed by atoms with Crippen LogP contribution in [0.1, 0.15) is 96.5 Å². The number of amides is 1. The number of carbonyl (C=O) groups excluding carboxylic acids is 1. The molecule has 0 heterocycles. The van der Waals surface area contributed by atoms with Gasteiger partial charge in [-0.2, -0.15) is 0 Å². The third kappa shape index (κ3) is 5.16. The van der Waals surface area contributed by atoms with Gasteiger partial charge in [0.1, 0.15) is 5.82 Å². The average molecular weight is 412 g/mol. The maximum atomic E-state index is 14.7. The molecule has 1 aromatic rings. The second kappa shape index (κ2) is 9.99. The van der Waals surface area contributed by atoms with Crippen LogP contribution in [0.5, 0.6) is 0 Å². The summed E-state index contributed by atoms with van der Waals surface area (Å²) in [7, 11) is 0. The normalized spacial score (nSPS) is 26.4. The summed E-state index contributed by atoms with van der Waals surface area (Å²) in [6.45, 7) is 4.10. The fraction of sp³-hybridized carbons (Fsp3) is 0.708. The third-order valence-corrected chi connectivity index (χ3v) is 6.84. The highest BCUT2D eigenvalue weighted by atomic mass is 19.3. The summed E-state index contributed by atoms with van der Waals surface area (Å²) >= 11 is 0. The fourth-order valence-electron chi connectivity index (χ4n) is 5.55. The van der Waals surface area contributed by atoms with Gasteiger partial charge in [0.25, 0.3) is 0 Å². The van der Waals surface area contributed by atoms with Crippen LogP contribution >= 0.6 is 0 Å². The molecule has 1 fully saturated rings. The Kier molecular flexibility index (Phi) is 8.18. The topological polar surface area (TPSA) is 43.1 Å². The maximum Gasteiger partial charge on any atom is 0.248 e. The molecule has 5 heteroatoms. The lowest BCUT2D eigenvalue weighted by Gasteiger charge is -2.54. The van der Waals surface area contributed by atoms with E-state index < -0.39 is 34.9 Å². The Bertz CT molecular complexity index is 678. The number of nitrogens with two attached hydrogens (primary N) is 1. The van der Waals surface area contributed by atoms with Crippen molar-refractivity contribution in [3.63, 3.8) is 0 Å². The average Bonchev–Trinajstić information content (AvgIpc) is 2.64. The fourth-order valence-corrected chi connectivity index (χ4v) is 5.55. The molecular formula is C24H36F3NO. The molecule has 0 saturated heterocycles. The number of rotatable bonds is 11. The third-order valence-electron chi connectivity index (χ3n) is 6.84. The summed E-state index contributed by atoms with van der Waals surface area (Å²) in [6.07, 6.45) is 7.15. The Labute approximate surface area is 173 Å². The van der Waals surface area contributed by atoms with Gasteiger partial charge in [-0.25, -0.2) is 13.2 Å².